The average molecular weight is 303 g/mol. The maximum Gasteiger partial charge on any atom is 0.225 e. The normalized spacial score (nSPS) is 16.7. The van der Waals surface area contributed by atoms with Crippen molar-refractivity contribution in [3.05, 3.63) is 29.3 Å². The van der Waals surface area contributed by atoms with Crippen molar-refractivity contribution in [2.75, 3.05) is 44.6 Å². The third-order valence-electron chi connectivity index (χ3n) is 4.57. The second kappa shape index (κ2) is 8.30. The molecule has 2 rings (SSSR count). The van der Waals surface area contributed by atoms with Crippen LogP contribution in [0.4, 0.5) is 5.69 Å². The number of aryl methyl sites for hydroxylation is 2. The molecule has 0 saturated carbocycles. The van der Waals surface area contributed by atoms with Crippen LogP contribution < -0.4 is 5.32 Å². The Morgan fingerprint density at radius 1 is 1.14 bits per heavy atom. The molecule has 1 heterocycles. The summed E-state index contributed by atoms with van der Waals surface area (Å²) in [5, 5.41) is 3.11. The summed E-state index contributed by atoms with van der Waals surface area (Å²) in [4.78, 5) is 17.1. The highest BCUT2D eigenvalue weighted by Gasteiger charge is 2.16. The number of para-hydroxylation sites is 1. The van der Waals surface area contributed by atoms with Gasteiger partial charge in [-0.2, -0.15) is 0 Å². The van der Waals surface area contributed by atoms with Crippen molar-refractivity contribution in [1.82, 2.24) is 9.80 Å². The lowest BCUT2D eigenvalue weighted by Gasteiger charge is -2.33. The molecule has 1 amide bonds. The van der Waals surface area contributed by atoms with Crippen LogP contribution in [0, 0.1) is 6.92 Å². The molecule has 1 fully saturated rings. The Balaban J connectivity index is 1.82. The third kappa shape index (κ3) is 4.55. The van der Waals surface area contributed by atoms with E-state index < -0.39 is 0 Å². The van der Waals surface area contributed by atoms with Crippen LogP contribution in [0.5, 0.6) is 0 Å². The molecule has 0 unspecified atom stereocenters. The van der Waals surface area contributed by atoms with Gasteiger partial charge in [0.25, 0.3) is 0 Å². The van der Waals surface area contributed by atoms with E-state index in [1.165, 1.54) is 5.56 Å². The van der Waals surface area contributed by atoms with Gasteiger partial charge in [0.1, 0.15) is 0 Å². The summed E-state index contributed by atoms with van der Waals surface area (Å²) < 4.78 is 0. The minimum atomic E-state index is 0.127. The van der Waals surface area contributed by atoms with Crippen LogP contribution in [0.3, 0.4) is 0 Å². The summed E-state index contributed by atoms with van der Waals surface area (Å²) in [5.74, 6) is 0.127. The zero-order valence-corrected chi connectivity index (χ0v) is 14.2. The number of benzene rings is 1. The van der Waals surface area contributed by atoms with E-state index in [0.717, 1.165) is 56.9 Å². The van der Waals surface area contributed by atoms with Gasteiger partial charge >= 0.3 is 0 Å². The zero-order chi connectivity index (χ0) is 15.9. The number of anilines is 1. The topological polar surface area (TPSA) is 35.6 Å². The second-order valence-electron chi connectivity index (χ2n) is 6.04. The number of piperazine rings is 1. The third-order valence-corrected chi connectivity index (χ3v) is 4.57. The number of carbonyl (C=O) groups is 1. The molecule has 1 aliphatic rings. The Labute approximate surface area is 134 Å². The fourth-order valence-corrected chi connectivity index (χ4v) is 2.99. The lowest BCUT2D eigenvalue weighted by Crippen LogP contribution is -2.46. The number of hydrogen-bond donors (Lipinski definition) is 1. The first kappa shape index (κ1) is 17.0. The molecule has 0 radical (unpaired) electrons. The molecule has 0 bridgehead atoms. The van der Waals surface area contributed by atoms with Crippen LogP contribution in [0.1, 0.15) is 31.4 Å². The maximum absolute atomic E-state index is 12.2. The van der Waals surface area contributed by atoms with Gasteiger partial charge in [-0.15, -0.1) is 0 Å². The van der Waals surface area contributed by atoms with E-state index in [0.29, 0.717) is 6.42 Å². The summed E-state index contributed by atoms with van der Waals surface area (Å²) >= 11 is 0. The summed E-state index contributed by atoms with van der Waals surface area (Å²) in [6.45, 7) is 12.8. The first-order valence-corrected chi connectivity index (χ1v) is 8.47. The minimum Gasteiger partial charge on any atom is -0.326 e. The number of nitrogens with zero attached hydrogens (tertiary/aromatic N) is 2. The van der Waals surface area contributed by atoms with Crippen molar-refractivity contribution >= 4 is 11.6 Å². The molecule has 1 saturated heterocycles. The van der Waals surface area contributed by atoms with Crippen molar-refractivity contribution in [3.8, 4) is 0 Å². The molecule has 1 aromatic carbocycles. The van der Waals surface area contributed by atoms with Crippen molar-refractivity contribution in [1.29, 1.82) is 0 Å². The van der Waals surface area contributed by atoms with Gasteiger partial charge in [-0.1, -0.05) is 32.0 Å². The molecule has 0 aromatic heterocycles. The van der Waals surface area contributed by atoms with E-state index in [1.54, 1.807) is 0 Å². The second-order valence-corrected chi connectivity index (χ2v) is 6.04. The van der Waals surface area contributed by atoms with Gasteiger partial charge in [-0.05, 0) is 31.0 Å². The molecule has 22 heavy (non-hydrogen) atoms. The van der Waals surface area contributed by atoms with Gasteiger partial charge < -0.3 is 15.1 Å². The summed E-state index contributed by atoms with van der Waals surface area (Å²) in [7, 11) is 0. The van der Waals surface area contributed by atoms with Gasteiger partial charge in [0, 0.05) is 44.8 Å². The quantitative estimate of drug-likeness (QED) is 0.877. The number of hydrogen-bond acceptors (Lipinski definition) is 3. The average Bonchev–Trinajstić information content (AvgIpc) is 2.55. The molecule has 4 heteroatoms. The van der Waals surface area contributed by atoms with Crippen LogP contribution in [0.2, 0.25) is 0 Å². The molecule has 0 spiro atoms. The van der Waals surface area contributed by atoms with E-state index in [4.69, 9.17) is 0 Å². The van der Waals surface area contributed by atoms with Crippen LogP contribution in [-0.2, 0) is 11.2 Å². The fraction of sp³-hybridized carbons (Fsp3) is 0.611. The fourth-order valence-electron chi connectivity index (χ4n) is 2.99. The Morgan fingerprint density at radius 2 is 1.82 bits per heavy atom. The molecule has 1 N–H and O–H groups in total. The predicted octanol–water partition coefficient (Wildman–Crippen LogP) is 2.52. The first-order chi connectivity index (χ1) is 10.6. The number of rotatable bonds is 6. The SMILES string of the molecule is CCc1cccc(C)c1NC(=O)CCN1CCN(CC)CC1. The molecule has 1 aromatic rings. The molecule has 1 aliphatic heterocycles. The van der Waals surface area contributed by atoms with Gasteiger partial charge in [0.2, 0.25) is 5.91 Å². The Kier molecular flexibility index (Phi) is 6.40. The summed E-state index contributed by atoms with van der Waals surface area (Å²) in [5.41, 5.74) is 3.36. The first-order valence-electron chi connectivity index (χ1n) is 8.47. The Morgan fingerprint density at radius 3 is 2.45 bits per heavy atom. The van der Waals surface area contributed by atoms with E-state index in [1.807, 2.05) is 0 Å². The number of amides is 1. The van der Waals surface area contributed by atoms with Crippen LogP contribution in [0.15, 0.2) is 18.2 Å². The lowest BCUT2D eigenvalue weighted by atomic mass is 10.1. The van der Waals surface area contributed by atoms with E-state index in [9.17, 15) is 4.79 Å². The highest BCUT2D eigenvalue weighted by molar-refractivity contribution is 5.92. The maximum atomic E-state index is 12.2. The summed E-state index contributed by atoms with van der Waals surface area (Å²) in [6.07, 6.45) is 1.51. The highest BCUT2D eigenvalue weighted by Crippen LogP contribution is 2.21. The van der Waals surface area contributed by atoms with Crippen molar-refractivity contribution in [2.45, 2.75) is 33.6 Å². The molecule has 0 aliphatic carbocycles. The molecule has 0 atom stereocenters. The highest BCUT2D eigenvalue weighted by atomic mass is 16.1. The molecule has 122 valence electrons. The Bertz CT molecular complexity index is 493. The van der Waals surface area contributed by atoms with Gasteiger partial charge in [-0.25, -0.2) is 0 Å². The Hall–Kier alpha value is -1.39. The van der Waals surface area contributed by atoms with Crippen molar-refractivity contribution < 1.29 is 4.79 Å². The largest absolute Gasteiger partial charge is 0.326 e. The van der Waals surface area contributed by atoms with E-state index in [2.05, 4.69) is 54.1 Å². The number of nitrogens with one attached hydrogen (secondary N) is 1. The van der Waals surface area contributed by atoms with Gasteiger partial charge in [-0.3, -0.25) is 4.79 Å². The van der Waals surface area contributed by atoms with E-state index in [-0.39, 0.29) is 5.91 Å². The summed E-state index contributed by atoms with van der Waals surface area (Å²) in [6, 6.07) is 6.20. The lowest BCUT2D eigenvalue weighted by molar-refractivity contribution is -0.116. The van der Waals surface area contributed by atoms with Crippen molar-refractivity contribution in [3.63, 3.8) is 0 Å². The smallest absolute Gasteiger partial charge is 0.225 e. The van der Waals surface area contributed by atoms with Crippen molar-refractivity contribution in [2.24, 2.45) is 0 Å². The molecular weight excluding hydrogens is 274 g/mol. The monoisotopic (exact) mass is 303 g/mol. The number of likely N-dealkylation sites (N-methyl/N-ethyl adjacent to an activating group) is 1. The molecular formula is C18H29N3O. The minimum absolute atomic E-state index is 0.127. The standard InChI is InChI=1S/C18H29N3O/c1-4-16-8-6-7-15(3)18(16)19-17(22)9-10-21-13-11-20(5-2)12-14-21/h6-8H,4-5,9-14H2,1-3H3,(H,19,22). The van der Waals surface area contributed by atoms with Crippen LogP contribution in [-0.4, -0.2) is 55.0 Å². The zero-order valence-electron chi connectivity index (χ0n) is 14.2. The number of carbonyl (C=O) groups excluding carboxylic acids is 1. The molecule has 4 nitrogen and oxygen atoms in total. The van der Waals surface area contributed by atoms with Crippen LogP contribution in [0.25, 0.3) is 0 Å². The van der Waals surface area contributed by atoms with Crippen LogP contribution >= 0.6 is 0 Å². The van der Waals surface area contributed by atoms with Gasteiger partial charge in [0.15, 0.2) is 0 Å². The predicted molar refractivity (Wildman–Crippen MR) is 92.4 cm³/mol. The van der Waals surface area contributed by atoms with Gasteiger partial charge in [0.05, 0.1) is 0 Å². The van der Waals surface area contributed by atoms with E-state index >= 15 is 0 Å².